The standard InChI is InChI=1S/C23H26N2O3/c26-22(19-5-2-1-3-6-19)7-4-8-23(27)25-12-11-18-9-10-20(17-21(18)25)24-13-15-28-16-14-24/h1-3,5-6,9-10,17H,4,7-8,11-16H2. The largest absolute Gasteiger partial charge is 0.378 e. The number of morpholine rings is 1. The summed E-state index contributed by atoms with van der Waals surface area (Å²) in [5.41, 5.74) is 4.13. The van der Waals surface area contributed by atoms with Crippen molar-refractivity contribution in [3.8, 4) is 0 Å². The van der Waals surface area contributed by atoms with E-state index in [9.17, 15) is 9.59 Å². The average molecular weight is 378 g/mol. The highest BCUT2D eigenvalue weighted by atomic mass is 16.5. The molecule has 0 unspecified atom stereocenters. The highest BCUT2D eigenvalue weighted by molar-refractivity contribution is 5.98. The molecule has 0 atom stereocenters. The minimum absolute atomic E-state index is 0.102. The number of hydrogen-bond acceptors (Lipinski definition) is 4. The monoisotopic (exact) mass is 378 g/mol. The summed E-state index contributed by atoms with van der Waals surface area (Å²) in [6.07, 6.45) is 2.29. The normalized spacial score (nSPS) is 16.1. The van der Waals surface area contributed by atoms with E-state index in [4.69, 9.17) is 4.74 Å². The number of ether oxygens (including phenoxy) is 1. The minimum atomic E-state index is 0.102. The van der Waals surface area contributed by atoms with Gasteiger partial charge >= 0.3 is 0 Å². The van der Waals surface area contributed by atoms with Crippen LogP contribution in [-0.2, 0) is 16.0 Å². The Hall–Kier alpha value is -2.66. The van der Waals surface area contributed by atoms with Gasteiger partial charge in [0.05, 0.1) is 13.2 Å². The lowest BCUT2D eigenvalue weighted by atomic mass is 10.1. The first-order valence-electron chi connectivity index (χ1n) is 10.1. The summed E-state index contributed by atoms with van der Waals surface area (Å²) >= 11 is 0. The highest BCUT2D eigenvalue weighted by Gasteiger charge is 2.25. The molecular formula is C23H26N2O3. The molecule has 1 saturated heterocycles. The molecule has 2 heterocycles. The van der Waals surface area contributed by atoms with Gasteiger partial charge in [0.25, 0.3) is 0 Å². The lowest BCUT2D eigenvalue weighted by Crippen LogP contribution is -2.36. The fraction of sp³-hybridized carbons (Fsp3) is 0.391. The van der Waals surface area contributed by atoms with Crippen LogP contribution in [0.1, 0.15) is 35.2 Å². The van der Waals surface area contributed by atoms with Crippen molar-refractivity contribution < 1.29 is 14.3 Å². The number of benzene rings is 2. The maximum atomic E-state index is 12.8. The summed E-state index contributed by atoms with van der Waals surface area (Å²) in [7, 11) is 0. The third-order valence-corrected chi connectivity index (χ3v) is 5.53. The van der Waals surface area contributed by atoms with Gasteiger partial charge in [0.1, 0.15) is 0 Å². The fourth-order valence-electron chi connectivity index (χ4n) is 3.95. The van der Waals surface area contributed by atoms with Crippen molar-refractivity contribution in [1.82, 2.24) is 0 Å². The molecule has 1 fully saturated rings. The van der Waals surface area contributed by atoms with Gasteiger partial charge in [-0.15, -0.1) is 0 Å². The number of rotatable bonds is 6. The zero-order chi connectivity index (χ0) is 19.3. The van der Waals surface area contributed by atoms with Crippen LogP contribution in [0, 0.1) is 0 Å². The molecule has 1 amide bonds. The van der Waals surface area contributed by atoms with Crippen LogP contribution in [-0.4, -0.2) is 44.5 Å². The van der Waals surface area contributed by atoms with E-state index in [-0.39, 0.29) is 11.7 Å². The van der Waals surface area contributed by atoms with Crippen LogP contribution >= 0.6 is 0 Å². The number of carbonyl (C=O) groups is 2. The first kappa shape index (κ1) is 18.7. The summed E-state index contributed by atoms with van der Waals surface area (Å²) in [5.74, 6) is 0.212. The van der Waals surface area contributed by atoms with Crippen LogP contribution in [0.2, 0.25) is 0 Å². The lowest BCUT2D eigenvalue weighted by Gasteiger charge is -2.29. The van der Waals surface area contributed by atoms with Crippen LogP contribution in [0.15, 0.2) is 48.5 Å². The molecule has 2 aromatic rings. The maximum absolute atomic E-state index is 12.8. The van der Waals surface area contributed by atoms with E-state index < -0.39 is 0 Å². The zero-order valence-corrected chi connectivity index (χ0v) is 16.1. The van der Waals surface area contributed by atoms with Crippen molar-refractivity contribution >= 4 is 23.1 Å². The Labute approximate surface area is 165 Å². The number of hydrogen-bond donors (Lipinski definition) is 0. The van der Waals surface area contributed by atoms with Crippen molar-refractivity contribution in [2.75, 3.05) is 42.6 Å². The number of carbonyl (C=O) groups excluding carboxylic acids is 2. The predicted molar refractivity (Wildman–Crippen MR) is 110 cm³/mol. The van der Waals surface area contributed by atoms with Crippen molar-refractivity contribution in [2.24, 2.45) is 0 Å². The SMILES string of the molecule is O=C(CCCC(=O)N1CCc2ccc(N3CCOCC3)cc21)c1ccccc1. The van der Waals surface area contributed by atoms with E-state index in [1.54, 1.807) is 0 Å². The van der Waals surface area contributed by atoms with Gasteiger partial charge in [-0.3, -0.25) is 9.59 Å². The molecule has 2 aromatic carbocycles. The van der Waals surface area contributed by atoms with Crippen LogP contribution in [0.5, 0.6) is 0 Å². The second-order valence-electron chi connectivity index (χ2n) is 7.35. The van der Waals surface area contributed by atoms with E-state index in [0.717, 1.165) is 56.2 Å². The van der Waals surface area contributed by atoms with Crippen LogP contribution in [0.25, 0.3) is 0 Å². The highest BCUT2D eigenvalue weighted by Crippen LogP contribution is 2.33. The fourth-order valence-corrected chi connectivity index (χ4v) is 3.95. The second-order valence-corrected chi connectivity index (χ2v) is 7.35. The van der Waals surface area contributed by atoms with Gasteiger partial charge in [-0.2, -0.15) is 0 Å². The molecule has 0 aromatic heterocycles. The van der Waals surface area contributed by atoms with E-state index >= 15 is 0 Å². The Morgan fingerprint density at radius 1 is 0.929 bits per heavy atom. The molecule has 0 radical (unpaired) electrons. The van der Waals surface area contributed by atoms with Gasteiger partial charge < -0.3 is 14.5 Å². The summed E-state index contributed by atoms with van der Waals surface area (Å²) in [6.45, 7) is 3.99. The molecule has 0 saturated carbocycles. The third kappa shape index (κ3) is 4.09. The van der Waals surface area contributed by atoms with Crippen molar-refractivity contribution in [2.45, 2.75) is 25.7 Å². The van der Waals surface area contributed by atoms with Crippen molar-refractivity contribution in [1.29, 1.82) is 0 Å². The summed E-state index contributed by atoms with van der Waals surface area (Å²) in [6, 6.07) is 15.7. The van der Waals surface area contributed by atoms with Crippen molar-refractivity contribution in [3.05, 3.63) is 59.7 Å². The van der Waals surface area contributed by atoms with E-state index in [1.165, 1.54) is 5.56 Å². The number of ketones is 1. The molecule has 0 N–H and O–H groups in total. The number of anilines is 2. The van der Waals surface area contributed by atoms with Crippen LogP contribution in [0.4, 0.5) is 11.4 Å². The first-order valence-corrected chi connectivity index (χ1v) is 10.1. The molecule has 28 heavy (non-hydrogen) atoms. The second kappa shape index (κ2) is 8.57. The van der Waals surface area contributed by atoms with Gasteiger partial charge in [-0.1, -0.05) is 36.4 Å². The minimum Gasteiger partial charge on any atom is -0.378 e. The van der Waals surface area contributed by atoms with E-state index in [0.29, 0.717) is 19.3 Å². The Balaban J connectivity index is 1.36. The quantitative estimate of drug-likeness (QED) is 0.723. The predicted octanol–water partition coefficient (Wildman–Crippen LogP) is 3.47. The van der Waals surface area contributed by atoms with Gasteiger partial charge in [0.15, 0.2) is 5.78 Å². The molecule has 146 valence electrons. The molecule has 2 aliphatic rings. The van der Waals surface area contributed by atoms with Gasteiger partial charge in [0.2, 0.25) is 5.91 Å². The number of amides is 1. The summed E-state index contributed by atoms with van der Waals surface area (Å²) < 4.78 is 5.43. The number of fused-ring (bicyclic) bond motifs is 1. The molecule has 0 aliphatic carbocycles. The first-order chi connectivity index (χ1) is 13.7. The maximum Gasteiger partial charge on any atom is 0.227 e. The van der Waals surface area contributed by atoms with Crippen LogP contribution < -0.4 is 9.80 Å². The van der Waals surface area contributed by atoms with Gasteiger partial charge in [0, 0.05) is 49.4 Å². The third-order valence-electron chi connectivity index (χ3n) is 5.53. The van der Waals surface area contributed by atoms with Gasteiger partial charge in [-0.05, 0) is 30.5 Å². The smallest absolute Gasteiger partial charge is 0.227 e. The zero-order valence-electron chi connectivity index (χ0n) is 16.1. The Bertz CT molecular complexity index is 844. The Morgan fingerprint density at radius 3 is 2.50 bits per heavy atom. The molecule has 0 bridgehead atoms. The average Bonchev–Trinajstić information content (AvgIpc) is 3.18. The molecule has 5 nitrogen and oxygen atoms in total. The van der Waals surface area contributed by atoms with E-state index in [2.05, 4.69) is 23.1 Å². The molecule has 0 spiro atoms. The molecule has 4 rings (SSSR count). The van der Waals surface area contributed by atoms with Gasteiger partial charge in [-0.25, -0.2) is 0 Å². The topological polar surface area (TPSA) is 49.9 Å². The number of Topliss-reactive ketones (excluding diaryl/α,β-unsaturated/α-hetero) is 1. The lowest BCUT2D eigenvalue weighted by molar-refractivity contribution is -0.118. The molecular weight excluding hydrogens is 352 g/mol. The summed E-state index contributed by atoms with van der Waals surface area (Å²) in [5, 5.41) is 0. The Morgan fingerprint density at radius 2 is 1.71 bits per heavy atom. The van der Waals surface area contributed by atoms with E-state index in [1.807, 2.05) is 35.2 Å². The van der Waals surface area contributed by atoms with Crippen molar-refractivity contribution in [3.63, 3.8) is 0 Å². The van der Waals surface area contributed by atoms with Crippen LogP contribution in [0.3, 0.4) is 0 Å². The summed E-state index contributed by atoms with van der Waals surface area (Å²) in [4.78, 5) is 29.2. The molecule has 5 heteroatoms. The Kier molecular flexibility index (Phi) is 5.72. The molecule has 2 aliphatic heterocycles. The number of nitrogens with zero attached hydrogens (tertiary/aromatic N) is 2.